The molecule has 0 radical (unpaired) electrons. The van der Waals surface area contributed by atoms with Crippen LogP contribution in [-0.4, -0.2) is 74.1 Å². The molecule has 4 rings (SSSR count). The molecule has 0 spiro atoms. The van der Waals surface area contributed by atoms with Gasteiger partial charge in [-0.25, -0.2) is 27.0 Å². The maximum Gasteiger partial charge on any atom is 0.336 e. The fourth-order valence-corrected chi connectivity index (χ4v) is 5.24. The lowest BCUT2D eigenvalue weighted by Crippen LogP contribution is -2.50. The highest BCUT2D eigenvalue weighted by Crippen LogP contribution is 2.28. The number of carbonyl (C=O) groups is 2. The molecule has 13 heteroatoms. The molecule has 2 heterocycles. The summed E-state index contributed by atoms with van der Waals surface area (Å²) in [4.78, 5) is 32.2. The Labute approximate surface area is 218 Å². The number of piperazine rings is 1. The molecule has 2 aromatic carbocycles. The Hall–Kier alpha value is -3.84. The Morgan fingerprint density at radius 3 is 2.37 bits per heavy atom. The molecule has 1 aromatic heterocycles. The molecule has 0 unspecified atom stereocenters. The molecule has 1 fully saturated rings. The molecule has 10 nitrogen and oxygen atoms in total. The van der Waals surface area contributed by atoms with Crippen molar-refractivity contribution in [2.45, 2.75) is 24.8 Å². The molecule has 1 amide bonds. The zero-order valence-corrected chi connectivity index (χ0v) is 21.6. The smallest absolute Gasteiger partial charge is 0.336 e. The lowest BCUT2D eigenvalue weighted by atomic mass is 10.1. The number of aromatic carboxylic acids is 1. The molecule has 38 heavy (non-hydrogen) atoms. The van der Waals surface area contributed by atoms with E-state index < -0.39 is 32.5 Å². The van der Waals surface area contributed by atoms with Gasteiger partial charge in [0.2, 0.25) is 5.91 Å². The molecule has 0 bridgehead atoms. The van der Waals surface area contributed by atoms with Gasteiger partial charge in [-0.05, 0) is 56.3 Å². The number of pyridine rings is 1. The first-order valence-electron chi connectivity index (χ1n) is 11.9. The number of benzene rings is 2. The standard InChI is InChI=1S/C25H27F2N5O5S/c1-15(2)28-24(33)14-31-7-9-32(10-8-31)23-13-19(25(34)35)18-11-16(3-6-22(18)29-23)30-38(36,37)17-4-5-20(26)21(27)12-17/h3-6,11-13,15,30H,7-10,14H2,1-2H3,(H,28,33)(H,34,35). The third kappa shape index (κ3) is 6.17. The van der Waals surface area contributed by atoms with E-state index in [1.807, 2.05) is 23.6 Å². The van der Waals surface area contributed by atoms with Crippen LogP contribution >= 0.6 is 0 Å². The molecule has 0 atom stereocenters. The molecule has 0 aliphatic carbocycles. The van der Waals surface area contributed by atoms with Crippen LogP contribution < -0.4 is 14.9 Å². The van der Waals surface area contributed by atoms with Crippen LogP contribution in [0.5, 0.6) is 0 Å². The Bertz CT molecular complexity index is 1490. The molecule has 1 saturated heterocycles. The molecular weight excluding hydrogens is 520 g/mol. The van der Waals surface area contributed by atoms with Crippen molar-refractivity contribution in [1.29, 1.82) is 0 Å². The Morgan fingerprint density at radius 1 is 1.03 bits per heavy atom. The summed E-state index contributed by atoms with van der Waals surface area (Å²) in [5, 5.41) is 12.9. The molecule has 1 aliphatic heterocycles. The largest absolute Gasteiger partial charge is 0.478 e. The lowest BCUT2D eigenvalue weighted by molar-refractivity contribution is -0.122. The van der Waals surface area contributed by atoms with Crippen molar-refractivity contribution in [3.05, 3.63) is 59.7 Å². The quantitative estimate of drug-likeness (QED) is 0.392. The molecule has 202 valence electrons. The minimum atomic E-state index is -4.27. The average molecular weight is 548 g/mol. The van der Waals surface area contributed by atoms with Crippen LogP contribution in [0.25, 0.3) is 10.9 Å². The highest BCUT2D eigenvalue weighted by atomic mass is 32.2. The summed E-state index contributed by atoms with van der Waals surface area (Å²) in [6.45, 7) is 6.34. The summed E-state index contributed by atoms with van der Waals surface area (Å²) in [6.07, 6.45) is 0. The van der Waals surface area contributed by atoms with Crippen molar-refractivity contribution in [2.24, 2.45) is 0 Å². The average Bonchev–Trinajstić information content (AvgIpc) is 2.84. The van der Waals surface area contributed by atoms with Crippen LogP contribution in [-0.2, 0) is 14.8 Å². The zero-order valence-electron chi connectivity index (χ0n) is 20.7. The summed E-state index contributed by atoms with van der Waals surface area (Å²) in [6, 6.07) is 7.91. The van der Waals surface area contributed by atoms with Gasteiger partial charge in [0.25, 0.3) is 10.0 Å². The number of aromatic nitrogens is 1. The van der Waals surface area contributed by atoms with E-state index >= 15 is 0 Å². The van der Waals surface area contributed by atoms with E-state index in [9.17, 15) is 31.9 Å². The van der Waals surface area contributed by atoms with E-state index in [4.69, 9.17) is 0 Å². The van der Waals surface area contributed by atoms with Gasteiger partial charge in [-0.2, -0.15) is 0 Å². The summed E-state index contributed by atoms with van der Waals surface area (Å²) in [5.41, 5.74) is 0.305. The van der Waals surface area contributed by atoms with Gasteiger partial charge < -0.3 is 15.3 Å². The molecule has 3 N–H and O–H groups in total. The first-order valence-corrected chi connectivity index (χ1v) is 13.3. The molecule has 1 aliphatic rings. The highest BCUT2D eigenvalue weighted by Gasteiger charge is 2.23. The third-order valence-electron chi connectivity index (χ3n) is 5.99. The Kier molecular flexibility index (Phi) is 7.78. The van der Waals surface area contributed by atoms with Gasteiger partial charge in [0, 0.05) is 43.3 Å². The van der Waals surface area contributed by atoms with Gasteiger partial charge in [0.15, 0.2) is 11.6 Å². The number of hydrogen-bond donors (Lipinski definition) is 3. The van der Waals surface area contributed by atoms with E-state index in [0.29, 0.717) is 49.6 Å². The minimum Gasteiger partial charge on any atom is -0.478 e. The van der Waals surface area contributed by atoms with E-state index in [2.05, 4.69) is 15.0 Å². The summed E-state index contributed by atoms with van der Waals surface area (Å²) < 4.78 is 54.3. The number of halogens is 2. The Morgan fingerprint density at radius 2 is 1.74 bits per heavy atom. The number of anilines is 2. The predicted octanol–water partition coefficient (Wildman–Crippen LogP) is 2.66. The number of fused-ring (bicyclic) bond motifs is 1. The first kappa shape index (κ1) is 27.2. The van der Waals surface area contributed by atoms with Crippen LogP contribution in [0.15, 0.2) is 47.4 Å². The molecular formula is C25H27F2N5O5S. The highest BCUT2D eigenvalue weighted by molar-refractivity contribution is 7.92. The topological polar surface area (TPSA) is 132 Å². The van der Waals surface area contributed by atoms with Crippen molar-refractivity contribution < 1.29 is 31.9 Å². The van der Waals surface area contributed by atoms with Gasteiger partial charge in [-0.3, -0.25) is 14.4 Å². The summed E-state index contributed by atoms with van der Waals surface area (Å²) in [7, 11) is -4.27. The van der Waals surface area contributed by atoms with Crippen molar-refractivity contribution in [1.82, 2.24) is 15.2 Å². The Balaban J connectivity index is 1.55. The number of amides is 1. The SMILES string of the molecule is CC(C)NC(=O)CN1CCN(c2cc(C(=O)O)c3cc(NS(=O)(=O)c4ccc(F)c(F)c4)ccc3n2)CC1. The van der Waals surface area contributed by atoms with Gasteiger partial charge in [0.05, 0.1) is 22.5 Å². The second-order valence-electron chi connectivity index (χ2n) is 9.23. The number of rotatable bonds is 8. The number of carbonyl (C=O) groups excluding carboxylic acids is 1. The maximum atomic E-state index is 13.5. The van der Waals surface area contributed by atoms with Gasteiger partial charge >= 0.3 is 5.97 Å². The van der Waals surface area contributed by atoms with Crippen molar-refractivity contribution in [3.63, 3.8) is 0 Å². The van der Waals surface area contributed by atoms with Gasteiger partial charge in [-0.1, -0.05) is 0 Å². The van der Waals surface area contributed by atoms with E-state index in [1.54, 1.807) is 0 Å². The van der Waals surface area contributed by atoms with Gasteiger partial charge in [-0.15, -0.1) is 0 Å². The van der Waals surface area contributed by atoms with Crippen LogP contribution in [0, 0.1) is 11.6 Å². The van der Waals surface area contributed by atoms with Crippen molar-refractivity contribution >= 4 is 44.3 Å². The number of carboxylic acids is 1. The summed E-state index contributed by atoms with van der Waals surface area (Å²) >= 11 is 0. The molecule has 3 aromatic rings. The zero-order chi connectivity index (χ0) is 27.6. The van der Waals surface area contributed by atoms with E-state index in [0.717, 1.165) is 6.07 Å². The maximum absolute atomic E-state index is 13.5. The van der Waals surface area contributed by atoms with E-state index in [-0.39, 0.29) is 35.1 Å². The van der Waals surface area contributed by atoms with Crippen LogP contribution in [0.2, 0.25) is 0 Å². The third-order valence-corrected chi connectivity index (χ3v) is 7.37. The summed E-state index contributed by atoms with van der Waals surface area (Å²) in [5.74, 6) is -3.31. The number of carboxylic acid groups (broad SMARTS) is 1. The van der Waals surface area contributed by atoms with Crippen molar-refractivity contribution in [3.8, 4) is 0 Å². The van der Waals surface area contributed by atoms with Crippen LogP contribution in [0.3, 0.4) is 0 Å². The fraction of sp³-hybridized carbons (Fsp3) is 0.320. The second kappa shape index (κ2) is 10.9. The first-order chi connectivity index (χ1) is 17.9. The second-order valence-corrected chi connectivity index (χ2v) is 10.9. The number of nitrogens with one attached hydrogen (secondary N) is 2. The predicted molar refractivity (Wildman–Crippen MR) is 138 cm³/mol. The van der Waals surface area contributed by atoms with E-state index in [1.165, 1.54) is 24.3 Å². The van der Waals surface area contributed by atoms with Gasteiger partial charge in [0.1, 0.15) is 5.82 Å². The van der Waals surface area contributed by atoms with Crippen LogP contribution in [0.1, 0.15) is 24.2 Å². The number of sulfonamides is 1. The number of hydrogen-bond acceptors (Lipinski definition) is 7. The van der Waals surface area contributed by atoms with Crippen LogP contribution in [0.4, 0.5) is 20.3 Å². The molecule has 0 saturated carbocycles. The fourth-order valence-electron chi connectivity index (χ4n) is 4.18. The van der Waals surface area contributed by atoms with Crippen molar-refractivity contribution in [2.75, 3.05) is 42.3 Å². The minimum absolute atomic E-state index is 0.0348. The number of nitrogens with zero attached hydrogens (tertiary/aromatic N) is 3. The normalized spacial score (nSPS) is 14.6. The lowest BCUT2D eigenvalue weighted by Gasteiger charge is -2.35. The monoisotopic (exact) mass is 547 g/mol.